The van der Waals surface area contributed by atoms with Crippen molar-refractivity contribution in [3.8, 4) is 0 Å². The summed E-state index contributed by atoms with van der Waals surface area (Å²) in [4.78, 5) is 12.2. The van der Waals surface area contributed by atoms with Crippen LogP contribution in [0.3, 0.4) is 0 Å². The molecule has 0 atom stereocenters. The van der Waals surface area contributed by atoms with Gasteiger partial charge < -0.3 is 5.32 Å². The van der Waals surface area contributed by atoms with Crippen molar-refractivity contribution in [2.24, 2.45) is 0 Å². The average Bonchev–Trinajstić information content (AvgIpc) is 2.50. The number of rotatable bonds is 4. The van der Waals surface area contributed by atoms with Gasteiger partial charge in [-0.15, -0.1) is 0 Å². The molecule has 0 fully saturated rings. The number of benzene rings is 2. The molecule has 2 aromatic carbocycles. The third-order valence-electron chi connectivity index (χ3n) is 3.11. The Balaban J connectivity index is 2.19. The van der Waals surface area contributed by atoms with Gasteiger partial charge in [-0.25, -0.2) is 21.9 Å². The van der Waals surface area contributed by atoms with Crippen LogP contribution in [-0.4, -0.2) is 19.9 Å². The number of nitrogens with one attached hydrogen (secondary N) is 2. The SMILES string of the molecule is CC(C)(C)NS(=O)(=O)c1ccc(C(=O)Nc2cc(F)c(I)c(F)c2)cc1. The molecule has 0 unspecified atom stereocenters. The Morgan fingerprint density at radius 3 is 2.00 bits per heavy atom. The van der Waals surface area contributed by atoms with E-state index in [2.05, 4.69) is 10.0 Å². The maximum Gasteiger partial charge on any atom is 0.255 e. The molecule has 140 valence electrons. The van der Waals surface area contributed by atoms with Crippen molar-refractivity contribution in [1.82, 2.24) is 4.72 Å². The molecule has 0 saturated carbocycles. The first-order valence-corrected chi connectivity index (χ1v) is 10.1. The largest absolute Gasteiger partial charge is 0.322 e. The van der Waals surface area contributed by atoms with Gasteiger partial charge in [-0.2, -0.15) is 0 Å². The highest BCUT2D eigenvalue weighted by Crippen LogP contribution is 2.21. The quantitative estimate of drug-likeness (QED) is 0.501. The van der Waals surface area contributed by atoms with Gasteiger partial charge in [-0.05, 0) is 79.8 Å². The molecular weight excluding hydrogens is 477 g/mol. The maximum absolute atomic E-state index is 13.5. The van der Waals surface area contributed by atoms with Gasteiger partial charge >= 0.3 is 0 Å². The van der Waals surface area contributed by atoms with Gasteiger partial charge in [0.2, 0.25) is 10.0 Å². The number of amides is 1. The van der Waals surface area contributed by atoms with Crippen molar-refractivity contribution < 1.29 is 22.0 Å². The summed E-state index contributed by atoms with van der Waals surface area (Å²) >= 11 is 1.53. The Labute approximate surface area is 164 Å². The predicted molar refractivity (Wildman–Crippen MR) is 104 cm³/mol. The Bertz CT molecular complexity index is 916. The van der Waals surface area contributed by atoms with Gasteiger partial charge in [0.25, 0.3) is 5.91 Å². The van der Waals surface area contributed by atoms with Crippen LogP contribution in [0.1, 0.15) is 31.1 Å². The van der Waals surface area contributed by atoms with Crippen LogP contribution in [0.25, 0.3) is 0 Å². The zero-order valence-electron chi connectivity index (χ0n) is 14.2. The van der Waals surface area contributed by atoms with Crippen molar-refractivity contribution in [3.05, 3.63) is 57.2 Å². The standard InChI is InChI=1S/C17H17F2IN2O3S/c1-17(2,3)22-26(24,25)12-6-4-10(5-7-12)16(23)21-11-8-13(18)15(20)14(19)9-11/h4-9,22H,1-3H3,(H,21,23). The summed E-state index contributed by atoms with van der Waals surface area (Å²) in [6.07, 6.45) is 0. The van der Waals surface area contributed by atoms with E-state index in [-0.39, 0.29) is 19.7 Å². The fourth-order valence-electron chi connectivity index (χ4n) is 2.08. The van der Waals surface area contributed by atoms with Crippen LogP contribution in [0.2, 0.25) is 0 Å². The van der Waals surface area contributed by atoms with Crippen LogP contribution >= 0.6 is 22.6 Å². The zero-order chi connectivity index (χ0) is 19.7. The zero-order valence-corrected chi connectivity index (χ0v) is 17.2. The minimum absolute atomic E-state index is 0.00956. The van der Waals surface area contributed by atoms with E-state index in [1.54, 1.807) is 20.8 Å². The molecule has 0 radical (unpaired) electrons. The third kappa shape index (κ3) is 5.21. The van der Waals surface area contributed by atoms with Crippen LogP contribution < -0.4 is 10.0 Å². The molecule has 5 nitrogen and oxygen atoms in total. The normalized spacial score (nSPS) is 12.1. The number of hydrogen-bond acceptors (Lipinski definition) is 3. The van der Waals surface area contributed by atoms with E-state index < -0.39 is 33.1 Å². The van der Waals surface area contributed by atoms with E-state index in [1.807, 2.05) is 0 Å². The number of sulfonamides is 1. The molecule has 0 bridgehead atoms. The second kappa shape index (κ2) is 7.57. The number of anilines is 1. The predicted octanol–water partition coefficient (Wildman–Crippen LogP) is 3.90. The van der Waals surface area contributed by atoms with Crippen LogP contribution in [0.5, 0.6) is 0 Å². The summed E-state index contributed by atoms with van der Waals surface area (Å²) < 4.78 is 53.9. The maximum atomic E-state index is 13.5. The Hall–Kier alpha value is -1.59. The Morgan fingerprint density at radius 2 is 1.54 bits per heavy atom. The van der Waals surface area contributed by atoms with Gasteiger partial charge in [0.1, 0.15) is 11.6 Å². The van der Waals surface area contributed by atoms with E-state index in [1.165, 1.54) is 46.9 Å². The molecule has 2 N–H and O–H groups in total. The second-order valence-corrected chi connectivity index (χ2v) is 9.35. The highest BCUT2D eigenvalue weighted by Gasteiger charge is 2.22. The number of hydrogen-bond donors (Lipinski definition) is 2. The molecule has 1 amide bonds. The van der Waals surface area contributed by atoms with Crippen LogP contribution in [0, 0.1) is 15.2 Å². The lowest BCUT2D eigenvalue weighted by Crippen LogP contribution is -2.40. The lowest BCUT2D eigenvalue weighted by molar-refractivity contribution is 0.102. The fraction of sp³-hybridized carbons (Fsp3) is 0.235. The van der Waals surface area contributed by atoms with Crippen LogP contribution in [0.4, 0.5) is 14.5 Å². The highest BCUT2D eigenvalue weighted by atomic mass is 127. The number of carbonyl (C=O) groups is 1. The van der Waals surface area contributed by atoms with E-state index in [0.29, 0.717) is 0 Å². The van der Waals surface area contributed by atoms with Gasteiger partial charge in [0.05, 0.1) is 8.47 Å². The van der Waals surface area contributed by atoms with Crippen LogP contribution in [-0.2, 0) is 10.0 Å². The van der Waals surface area contributed by atoms with E-state index >= 15 is 0 Å². The molecule has 0 aliphatic carbocycles. The summed E-state index contributed by atoms with van der Waals surface area (Å²) in [5, 5.41) is 2.38. The van der Waals surface area contributed by atoms with Gasteiger partial charge in [0, 0.05) is 16.8 Å². The number of carbonyl (C=O) groups excluding carboxylic acids is 1. The average molecular weight is 494 g/mol. The molecule has 2 aromatic rings. The molecule has 0 aliphatic rings. The molecule has 2 rings (SSSR count). The molecular formula is C17H17F2IN2O3S. The minimum atomic E-state index is -3.72. The number of halogens is 3. The molecule has 26 heavy (non-hydrogen) atoms. The summed E-state index contributed by atoms with van der Waals surface area (Å²) in [5.74, 6) is -2.18. The summed E-state index contributed by atoms with van der Waals surface area (Å²) in [5.41, 5.74) is -0.524. The van der Waals surface area contributed by atoms with Gasteiger partial charge in [0.15, 0.2) is 0 Å². The minimum Gasteiger partial charge on any atom is -0.322 e. The molecule has 0 spiro atoms. The van der Waals surface area contributed by atoms with Crippen molar-refractivity contribution in [2.45, 2.75) is 31.2 Å². The molecule has 9 heteroatoms. The van der Waals surface area contributed by atoms with E-state index in [4.69, 9.17) is 0 Å². The first kappa shape index (κ1) is 20.7. The van der Waals surface area contributed by atoms with Crippen molar-refractivity contribution in [3.63, 3.8) is 0 Å². The lowest BCUT2D eigenvalue weighted by atomic mass is 10.1. The Kier molecular flexibility index (Phi) is 6.03. The van der Waals surface area contributed by atoms with Crippen molar-refractivity contribution in [1.29, 1.82) is 0 Å². The van der Waals surface area contributed by atoms with E-state index in [9.17, 15) is 22.0 Å². The van der Waals surface area contributed by atoms with Crippen molar-refractivity contribution in [2.75, 3.05) is 5.32 Å². The highest BCUT2D eigenvalue weighted by molar-refractivity contribution is 14.1. The molecule has 0 heterocycles. The fourth-order valence-corrected chi connectivity index (χ4v) is 3.81. The summed E-state index contributed by atoms with van der Waals surface area (Å²) in [7, 11) is -3.72. The van der Waals surface area contributed by atoms with Gasteiger partial charge in [-0.3, -0.25) is 4.79 Å². The monoisotopic (exact) mass is 494 g/mol. The topological polar surface area (TPSA) is 75.3 Å². The smallest absolute Gasteiger partial charge is 0.255 e. The first-order chi connectivity index (χ1) is 11.9. The lowest BCUT2D eigenvalue weighted by Gasteiger charge is -2.20. The van der Waals surface area contributed by atoms with Crippen LogP contribution in [0.15, 0.2) is 41.3 Å². The summed E-state index contributed by atoms with van der Waals surface area (Å²) in [6, 6.07) is 7.25. The van der Waals surface area contributed by atoms with Gasteiger partial charge in [-0.1, -0.05) is 0 Å². The van der Waals surface area contributed by atoms with E-state index in [0.717, 1.165) is 12.1 Å². The Morgan fingerprint density at radius 1 is 1.04 bits per heavy atom. The molecule has 0 aromatic heterocycles. The molecule has 0 aliphatic heterocycles. The second-order valence-electron chi connectivity index (χ2n) is 6.59. The summed E-state index contributed by atoms with van der Waals surface area (Å²) in [6.45, 7) is 5.14. The van der Waals surface area contributed by atoms with Crippen molar-refractivity contribution >= 4 is 44.2 Å². The first-order valence-electron chi connectivity index (χ1n) is 7.49. The third-order valence-corrected chi connectivity index (χ3v) is 5.91. The molecule has 0 saturated heterocycles.